The summed E-state index contributed by atoms with van der Waals surface area (Å²) < 4.78 is 7.68. The van der Waals surface area contributed by atoms with Crippen LogP contribution >= 0.6 is 11.6 Å². The SMILES string of the molecule is CN(CCCCCn1cccn1)CCOc1cccc(Cl)c1. The molecule has 0 atom stereocenters. The number of aryl methyl sites for hydroxylation is 1. The summed E-state index contributed by atoms with van der Waals surface area (Å²) in [6, 6.07) is 9.50. The minimum atomic E-state index is 0.685. The molecule has 5 heteroatoms. The molecule has 0 bridgehead atoms. The number of likely N-dealkylation sites (N-methyl/N-ethyl adjacent to an activating group) is 1. The van der Waals surface area contributed by atoms with Gasteiger partial charge in [-0.25, -0.2) is 0 Å². The Labute approximate surface area is 137 Å². The van der Waals surface area contributed by atoms with Gasteiger partial charge in [-0.15, -0.1) is 0 Å². The maximum absolute atomic E-state index is 5.92. The van der Waals surface area contributed by atoms with E-state index in [1.165, 1.54) is 19.3 Å². The first-order chi connectivity index (χ1) is 10.7. The average Bonchev–Trinajstić information content (AvgIpc) is 3.00. The van der Waals surface area contributed by atoms with Crippen LogP contribution in [0.15, 0.2) is 42.7 Å². The zero-order valence-corrected chi connectivity index (χ0v) is 13.9. The molecule has 2 aromatic rings. The van der Waals surface area contributed by atoms with Crippen LogP contribution in [0.25, 0.3) is 0 Å². The molecule has 1 aromatic carbocycles. The molecule has 0 spiro atoms. The third-order valence-electron chi connectivity index (χ3n) is 3.52. The van der Waals surface area contributed by atoms with E-state index in [2.05, 4.69) is 17.0 Å². The Bertz CT molecular complexity index is 530. The fourth-order valence-corrected chi connectivity index (χ4v) is 2.43. The van der Waals surface area contributed by atoms with Crippen LogP contribution < -0.4 is 4.74 Å². The third kappa shape index (κ3) is 6.50. The molecule has 2 rings (SSSR count). The Morgan fingerprint density at radius 1 is 1.18 bits per heavy atom. The van der Waals surface area contributed by atoms with Gasteiger partial charge in [0.25, 0.3) is 0 Å². The molecule has 120 valence electrons. The first-order valence-corrected chi connectivity index (χ1v) is 8.16. The van der Waals surface area contributed by atoms with Gasteiger partial charge in [0.2, 0.25) is 0 Å². The maximum atomic E-state index is 5.92. The van der Waals surface area contributed by atoms with Gasteiger partial charge in [0, 0.05) is 30.5 Å². The lowest BCUT2D eigenvalue weighted by Gasteiger charge is -2.17. The molecule has 0 saturated heterocycles. The number of aromatic nitrogens is 2. The van der Waals surface area contributed by atoms with Crippen LogP contribution in [0.3, 0.4) is 0 Å². The van der Waals surface area contributed by atoms with Gasteiger partial charge < -0.3 is 9.64 Å². The van der Waals surface area contributed by atoms with Gasteiger partial charge in [-0.2, -0.15) is 5.10 Å². The fraction of sp³-hybridized carbons (Fsp3) is 0.471. The number of halogens is 1. The highest BCUT2D eigenvalue weighted by Gasteiger charge is 2.00. The van der Waals surface area contributed by atoms with Crippen LogP contribution in [0.2, 0.25) is 5.02 Å². The van der Waals surface area contributed by atoms with Crippen LogP contribution in [0.4, 0.5) is 0 Å². The van der Waals surface area contributed by atoms with E-state index in [4.69, 9.17) is 16.3 Å². The summed E-state index contributed by atoms with van der Waals surface area (Å²) in [6.45, 7) is 3.71. The van der Waals surface area contributed by atoms with E-state index < -0.39 is 0 Å². The van der Waals surface area contributed by atoms with Crippen molar-refractivity contribution in [2.45, 2.75) is 25.8 Å². The molecular weight excluding hydrogens is 298 g/mol. The largest absolute Gasteiger partial charge is 0.492 e. The zero-order chi connectivity index (χ0) is 15.6. The smallest absolute Gasteiger partial charge is 0.120 e. The van der Waals surface area contributed by atoms with Gasteiger partial charge in [0.15, 0.2) is 0 Å². The van der Waals surface area contributed by atoms with E-state index in [0.717, 1.165) is 25.4 Å². The summed E-state index contributed by atoms with van der Waals surface area (Å²) in [4.78, 5) is 2.30. The second kappa shape index (κ2) is 9.49. The Balaban J connectivity index is 1.50. The quantitative estimate of drug-likeness (QED) is 0.625. The second-order valence-electron chi connectivity index (χ2n) is 5.44. The highest BCUT2D eigenvalue weighted by molar-refractivity contribution is 6.30. The van der Waals surface area contributed by atoms with Gasteiger partial charge in [-0.05, 0) is 50.7 Å². The number of hydrogen-bond donors (Lipinski definition) is 0. The van der Waals surface area contributed by atoms with Crippen molar-refractivity contribution < 1.29 is 4.74 Å². The number of rotatable bonds is 10. The molecule has 0 radical (unpaired) electrons. The van der Waals surface area contributed by atoms with E-state index in [9.17, 15) is 0 Å². The van der Waals surface area contributed by atoms with Gasteiger partial charge in [-0.1, -0.05) is 24.1 Å². The normalized spacial score (nSPS) is 11.0. The lowest BCUT2D eigenvalue weighted by Crippen LogP contribution is -2.25. The molecule has 1 heterocycles. The van der Waals surface area contributed by atoms with Crippen molar-refractivity contribution in [3.63, 3.8) is 0 Å². The van der Waals surface area contributed by atoms with Crippen LogP contribution in [-0.2, 0) is 6.54 Å². The number of ether oxygens (including phenoxy) is 1. The molecule has 1 aromatic heterocycles. The Kier molecular flexibility index (Phi) is 7.26. The Morgan fingerprint density at radius 3 is 2.86 bits per heavy atom. The summed E-state index contributed by atoms with van der Waals surface area (Å²) in [6.07, 6.45) is 7.44. The molecule has 0 aliphatic heterocycles. The van der Waals surface area contributed by atoms with Crippen molar-refractivity contribution in [1.29, 1.82) is 0 Å². The van der Waals surface area contributed by atoms with Crippen molar-refractivity contribution in [3.05, 3.63) is 47.7 Å². The second-order valence-corrected chi connectivity index (χ2v) is 5.88. The Hall–Kier alpha value is -1.52. The topological polar surface area (TPSA) is 30.3 Å². The lowest BCUT2D eigenvalue weighted by molar-refractivity contribution is 0.234. The molecule has 0 fully saturated rings. The van der Waals surface area contributed by atoms with Crippen LogP contribution in [0.5, 0.6) is 5.75 Å². The molecule has 4 nitrogen and oxygen atoms in total. The predicted molar refractivity (Wildman–Crippen MR) is 90.5 cm³/mol. The molecule has 0 saturated carbocycles. The minimum absolute atomic E-state index is 0.685. The number of nitrogens with zero attached hydrogens (tertiary/aromatic N) is 3. The highest BCUT2D eigenvalue weighted by Crippen LogP contribution is 2.16. The van der Waals surface area contributed by atoms with Crippen LogP contribution in [-0.4, -0.2) is 41.4 Å². The van der Waals surface area contributed by atoms with Crippen LogP contribution in [0.1, 0.15) is 19.3 Å². The van der Waals surface area contributed by atoms with E-state index in [1.54, 1.807) is 0 Å². The first kappa shape index (κ1) is 16.8. The summed E-state index contributed by atoms with van der Waals surface area (Å²) in [5, 5.41) is 4.92. The fourth-order valence-electron chi connectivity index (χ4n) is 2.25. The summed E-state index contributed by atoms with van der Waals surface area (Å²) in [7, 11) is 2.13. The van der Waals surface area contributed by atoms with E-state index in [1.807, 2.05) is 47.4 Å². The molecular formula is C17H24ClN3O. The maximum Gasteiger partial charge on any atom is 0.120 e. The minimum Gasteiger partial charge on any atom is -0.492 e. The standard InChI is InChI=1S/C17H24ClN3O/c1-20(10-3-2-4-11-21-12-6-9-19-21)13-14-22-17-8-5-7-16(18)15-17/h5-9,12,15H,2-4,10-11,13-14H2,1H3. The summed E-state index contributed by atoms with van der Waals surface area (Å²) >= 11 is 5.92. The third-order valence-corrected chi connectivity index (χ3v) is 3.76. The zero-order valence-electron chi connectivity index (χ0n) is 13.1. The molecule has 0 amide bonds. The van der Waals surface area contributed by atoms with Gasteiger partial charge >= 0.3 is 0 Å². The molecule has 0 unspecified atom stereocenters. The molecule has 0 aliphatic carbocycles. The average molecular weight is 322 g/mol. The van der Waals surface area contributed by atoms with E-state index in [-0.39, 0.29) is 0 Å². The summed E-state index contributed by atoms with van der Waals surface area (Å²) in [5.74, 6) is 0.833. The molecule has 0 aliphatic rings. The Morgan fingerprint density at radius 2 is 2.09 bits per heavy atom. The summed E-state index contributed by atoms with van der Waals surface area (Å²) in [5.41, 5.74) is 0. The molecule has 0 N–H and O–H groups in total. The van der Waals surface area contributed by atoms with Crippen molar-refractivity contribution in [3.8, 4) is 5.75 Å². The number of unbranched alkanes of at least 4 members (excludes halogenated alkanes) is 2. The lowest BCUT2D eigenvalue weighted by atomic mass is 10.2. The molecule has 22 heavy (non-hydrogen) atoms. The van der Waals surface area contributed by atoms with Crippen molar-refractivity contribution in [2.24, 2.45) is 0 Å². The van der Waals surface area contributed by atoms with Gasteiger partial charge in [0.05, 0.1) is 0 Å². The van der Waals surface area contributed by atoms with Crippen molar-refractivity contribution in [1.82, 2.24) is 14.7 Å². The predicted octanol–water partition coefficient (Wildman–Crippen LogP) is 3.72. The van der Waals surface area contributed by atoms with Crippen LogP contribution in [0, 0.1) is 0 Å². The number of benzene rings is 1. The van der Waals surface area contributed by atoms with E-state index in [0.29, 0.717) is 11.6 Å². The van der Waals surface area contributed by atoms with Crippen molar-refractivity contribution in [2.75, 3.05) is 26.7 Å². The highest BCUT2D eigenvalue weighted by atomic mass is 35.5. The van der Waals surface area contributed by atoms with E-state index >= 15 is 0 Å². The van der Waals surface area contributed by atoms with Crippen molar-refractivity contribution >= 4 is 11.6 Å². The van der Waals surface area contributed by atoms with Gasteiger partial charge in [0.1, 0.15) is 12.4 Å². The number of hydrogen-bond acceptors (Lipinski definition) is 3. The van der Waals surface area contributed by atoms with Gasteiger partial charge in [-0.3, -0.25) is 4.68 Å². The monoisotopic (exact) mass is 321 g/mol. The first-order valence-electron chi connectivity index (χ1n) is 7.78.